The van der Waals surface area contributed by atoms with Crippen molar-refractivity contribution in [3.05, 3.63) is 0 Å². The topological polar surface area (TPSA) is 29.5 Å². The van der Waals surface area contributed by atoms with Gasteiger partial charge in [0.25, 0.3) is 0 Å². The van der Waals surface area contributed by atoms with E-state index in [4.69, 9.17) is 0 Å². The molecule has 1 heterocycles. The summed E-state index contributed by atoms with van der Waals surface area (Å²) in [5, 5.41) is 0. The molecule has 0 aromatic rings. The van der Waals surface area contributed by atoms with Gasteiger partial charge in [-0.1, -0.05) is 13.3 Å². The lowest BCUT2D eigenvalue weighted by molar-refractivity contribution is -0.145. The van der Waals surface area contributed by atoms with Crippen LogP contribution in [0.25, 0.3) is 0 Å². The van der Waals surface area contributed by atoms with Crippen molar-refractivity contribution in [1.82, 2.24) is 4.90 Å². The summed E-state index contributed by atoms with van der Waals surface area (Å²) in [6, 6.07) is 0. The van der Waals surface area contributed by atoms with Crippen LogP contribution in [0.3, 0.4) is 0 Å². The Kier molecular flexibility index (Phi) is 4.22. The normalized spacial score (nSPS) is 21.1. The van der Waals surface area contributed by atoms with Crippen molar-refractivity contribution in [1.29, 1.82) is 0 Å². The van der Waals surface area contributed by atoms with Crippen molar-refractivity contribution in [3.63, 3.8) is 0 Å². The van der Waals surface area contributed by atoms with Gasteiger partial charge in [0.2, 0.25) is 0 Å². The smallest absolute Gasteiger partial charge is 0.309 e. The molecule has 0 N–H and O–H groups in total. The first-order chi connectivity index (χ1) is 6.24. The van der Waals surface area contributed by atoms with Crippen LogP contribution in [-0.4, -0.2) is 37.6 Å². The Hall–Kier alpha value is -0.570. The Morgan fingerprint density at radius 2 is 2.00 bits per heavy atom. The molecule has 0 spiro atoms. The number of carbonyl (C=O) groups excluding carboxylic acids is 1. The van der Waals surface area contributed by atoms with Crippen LogP contribution >= 0.6 is 0 Å². The van der Waals surface area contributed by atoms with Gasteiger partial charge >= 0.3 is 5.97 Å². The molecule has 3 nitrogen and oxygen atoms in total. The van der Waals surface area contributed by atoms with Crippen LogP contribution in [0.2, 0.25) is 0 Å². The molecule has 3 heteroatoms. The zero-order valence-corrected chi connectivity index (χ0v) is 8.58. The van der Waals surface area contributed by atoms with Gasteiger partial charge in [-0.2, -0.15) is 0 Å². The summed E-state index contributed by atoms with van der Waals surface area (Å²) < 4.78 is 4.69. The van der Waals surface area contributed by atoms with Gasteiger partial charge in [0.05, 0.1) is 13.0 Å². The Labute approximate surface area is 80.1 Å². The highest BCUT2D eigenvalue weighted by Gasteiger charge is 2.18. The zero-order valence-electron chi connectivity index (χ0n) is 8.58. The second-order valence-electron chi connectivity index (χ2n) is 3.79. The molecule has 1 rings (SSSR count). The summed E-state index contributed by atoms with van der Waals surface area (Å²) in [6.45, 7) is 5.07. The van der Waals surface area contributed by atoms with E-state index in [0.717, 1.165) is 19.6 Å². The van der Waals surface area contributed by atoms with Crippen molar-refractivity contribution >= 4 is 5.97 Å². The van der Waals surface area contributed by atoms with Crippen LogP contribution in [0, 0.1) is 5.92 Å². The van der Waals surface area contributed by atoms with Crippen LogP contribution in [0.1, 0.15) is 26.2 Å². The van der Waals surface area contributed by atoms with E-state index in [0.29, 0.717) is 0 Å². The maximum Gasteiger partial charge on any atom is 0.309 e. The second kappa shape index (κ2) is 5.22. The number of carbonyl (C=O) groups is 1. The van der Waals surface area contributed by atoms with Gasteiger partial charge in [-0.15, -0.1) is 0 Å². The molecule has 0 bridgehead atoms. The Morgan fingerprint density at radius 3 is 2.54 bits per heavy atom. The first-order valence-corrected chi connectivity index (χ1v) is 5.04. The average molecular weight is 185 g/mol. The number of methoxy groups -OCH3 is 1. The minimum Gasteiger partial charge on any atom is -0.469 e. The van der Waals surface area contributed by atoms with E-state index < -0.39 is 0 Å². The molecule has 1 atom stereocenters. The van der Waals surface area contributed by atoms with Crippen molar-refractivity contribution in [2.24, 2.45) is 5.92 Å². The summed E-state index contributed by atoms with van der Waals surface area (Å²) in [5.41, 5.74) is 0. The molecule has 0 aliphatic carbocycles. The predicted octanol–water partition coefficient (Wildman–Crippen LogP) is 1.28. The third-order valence-corrected chi connectivity index (χ3v) is 2.58. The minimum absolute atomic E-state index is 0.0168. The zero-order chi connectivity index (χ0) is 9.68. The fraction of sp³-hybridized carbons (Fsp3) is 0.900. The number of piperidine rings is 1. The lowest BCUT2D eigenvalue weighted by Crippen LogP contribution is -2.36. The van der Waals surface area contributed by atoms with Gasteiger partial charge in [0, 0.05) is 6.54 Å². The Morgan fingerprint density at radius 1 is 1.38 bits per heavy atom. The number of likely N-dealkylation sites (tertiary alicyclic amines) is 1. The molecule has 0 radical (unpaired) electrons. The quantitative estimate of drug-likeness (QED) is 0.620. The monoisotopic (exact) mass is 185 g/mol. The van der Waals surface area contributed by atoms with E-state index in [-0.39, 0.29) is 11.9 Å². The average Bonchev–Trinajstić information content (AvgIpc) is 2.18. The van der Waals surface area contributed by atoms with Crippen LogP contribution in [-0.2, 0) is 9.53 Å². The van der Waals surface area contributed by atoms with E-state index in [2.05, 4.69) is 9.64 Å². The molecule has 0 saturated carbocycles. The van der Waals surface area contributed by atoms with Crippen LogP contribution in [0.15, 0.2) is 0 Å². The molecule has 76 valence electrons. The highest BCUT2D eigenvalue weighted by atomic mass is 16.5. The van der Waals surface area contributed by atoms with Crippen molar-refractivity contribution < 1.29 is 9.53 Å². The number of ether oxygens (including phenoxy) is 1. The third kappa shape index (κ3) is 3.35. The van der Waals surface area contributed by atoms with Gasteiger partial charge in [-0.25, -0.2) is 0 Å². The molecule has 1 saturated heterocycles. The van der Waals surface area contributed by atoms with Crippen molar-refractivity contribution in [2.75, 3.05) is 26.7 Å². The molecule has 0 unspecified atom stereocenters. The third-order valence-electron chi connectivity index (χ3n) is 2.58. The number of nitrogens with zero attached hydrogens (tertiary/aromatic N) is 1. The van der Waals surface area contributed by atoms with E-state index >= 15 is 0 Å². The lowest BCUT2D eigenvalue weighted by atomic mass is 10.1. The Bertz CT molecular complexity index is 164. The largest absolute Gasteiger partial charge is 0.469 e. The summed E-state index contributed by atoms with van der Waals surface area (Å²) in [6.07, 6.45) is 3.88. The molecule has 0 amide bonds. The van der Waals surface area contributed by atoms with Gasteiger partial charge in [-0.05, 0) is 25.9 Å². The Balaban J connectivity index is 2.25. The number of rotatable bonds is 3. The van der Waals surface area contributed by atoms with Gasteiger partial charge in [-0.3, -0.25) is 4.79 Å². The molecule has 1 aliphatic heterocycles. The number of hydrogen-bond acceptors (Lipinski definition) is 3. The number of hydrogen-bond donors (Lipinski definition) is 0. The predicted molar refractivity (Wildman–Crippen MR) is 51.5 cm³/mol. The molecule has 1 aliphatic rings. The lowest BCUT2D eigenvalue weighted by Gasteiger charge is -2.28. The summed E-state index contributed by atoms with van der Waals surface area (Å²) in [7, 11) is 1.45. The second-order valence-corrected chi connectivity index (χ2v) is 3.79. The molecule has 0 aromatic heterocycles. The maximum absolute atomic E-state index is 11.1. The van der Waals surface area contributed by atoms with Crippen molar-refractivity contribution in [2.45, 2.75) is 26.2 Å². The standard InChI is InChI=1S/C10H19NO2/c1-9(10(12)13-2)8-11-6-4-3-5-7-11/h9H,3-8H2,1-2H3/t9-/m0/s1. The first-order valence-electron chi connectivity index (χ1n) is 5.04. The maximum atomic E-state index is 11.1. The number of esters is 1. The van der Waals surface area contributed by atoms with E-state index in [9.17, 15) is 4.79 Å². The van der Waals surface area contributed by atoms with Crippen molar-refractivity contribution in [3.8, 4) is 0 Å². The van der Waals surface area contributed by atoms with Crippen LogP contribution in [0.5, 0.6) is 0 Å². The molecular weight excluding hydrogens is 166 g/mol. The molecular formula is C10H19NO2. The molecule has 1 fully saturated rings. The molecule has 0 aromatic carbocycles. The highest BCUT2D eigenvalue weighted by molar-refractivity contribution is 5.72. The van der Waals surface area contributed by atoms with E-state index in [1.165, 1.54) is 26.4 Å². The van der Waals surface area contributed by atoms with Gasteiger partial charge < -0.3 is 9.64 Å². The van der Waals surface area contributed by atoms with E-state index in [1.54, 1.807) is 0 Å². The fourth-order valence-corrected chi connectivity index (χ4v) is 1.80. The first kappa shape index (κ1) is 10.5. The minimum atomic E-state index is -0.0921. The van der Waals surface area contributed by atoms with Crippen LogP contribution < -0.4 is 0 Å². The van der Waals surface area contributed by atoms with Gasteiger partial charge in [0.1, 0.15) is 0 Å². The fourth-order valence-electron chi connectivity index (χ4n) is 1.80. The van der Waals surface area contributed by atoms with E-state index in [1.807, 2.05) is 6.92 Å². The SMILES string of the molecule is COC(=O)[C@@H](C)CN1CCCCC1. The highest BCUT2D eigenvalue weighted by Crippen LogP contribution is 2.11. The summed E-state index contributed by atoms with van der Waals surface area (Å²) in [5.74, 6) is -0.0753. The summed E-state index contributed by atoms with van der Waals surface area (Å²) >= 11 is 0. The molecule has 13 heavy (non-hydrogen) atoms. The van der Waals surface area contributed by atoms with Crippen LogP contribution in [0.4, 0.5) is 0 Å². The van der Waals surface area contributed by atoms with Gasteiger partial charge in [0.15, 0.2) is 0 Å². The summed E-state index contributed by atoms with van der Waals surface area (Å²) in [4.78, 5) is 13.5.